The van der Waals surface area contributed by atoms with Gasteiger partial charge in [-0.05, 0) is 66.5 Å². The van der Waals surface area contributed by atoms with Gasteiger partial charge < -0.3 is 5.32 Å². The fraction of sp³-hybridized carbons (Fsp3) is 0.238. The minimum atomic E-state index is 0.0905. The Morgan fingerprint density at radius 1 is 1.04 bits per heavy atom. The molecule has 1 aliphatic carbocycles. The number of anilines is 1. The largest absolute Gasteiger partial charge is 0.310 e. The number of rotatable bonds is 3. The monoisotopic (exact) mass is 316 g/mol. The molecule has 120 valence electrons. The van der Waals surface area contributed by atoms with Gasteiger partial charge in [-0.3, -0.25) is 4.79 Å². The number of aryl methyl sites for hydroxylation is 2. The summed E-state index contributed by atoms with van der Waals surface area (Å²) in [6, 6.07) is 14.7. The van der Waals surface area contributed by atoms with Crippen molar-refractivity contribution in [2.75, 3.05) is 5.32 Å². The third kappa shape index (κ3) is 2.78. The van der Waals surface area contributed by atoms with Gasteiger partial charge in [0, 0.05) is 17.5 Å². The number of nitrogens with one attached hydrogen (secondary N) is 1. The zero-order valence-corrected chi connectivity index (χ0v) is 14.0. The quantitative estimate of drug-likeness (QED) is 0.749. The van der Waals surface area contributed by atoms with Crippen molar-refractivity contribution in [3.8, 4) is 11.1 Å². The number of hydrogen-bond acceptors (Lipinski definition) is 2. The smallest absolute Gasteiger partial charge is 0.228 e. The lowest BCUT2D eigenvalue weighted by atomic mass is 9.94. The van der Waals surface area contributed by atoms with Gasteiger partial charge in [0.15, 0.2) is 0 Å². The molecule has 1 aromatic heterocycles. The van der Waals surface area contributed by atoms with Crippen LogP contribution in [0, 0.1) is 19.8 Å². The number of fused-ring (bicyclic) bond motifs is 1. The molecule has 2 aromatic carbocycles. The van der Waals surface area contributed by atoms with Gasteiger partial charge in [-0.15, -0.1) is 0 Å². The summed E-state index contributed by atoms with van der Waals surface area (Å²) < 4.78 is 0. The van der Waals surface area contributed by atoms with Crippen LogP contribution in [0.2, 0.25) is 0 Å². The number of pyridine rings is 1. The van der Waals surface area contributed by atoms with Gasteiger partial charge in [0.25, 0.3) is 0 Å². The molecule has 0 saturated heterocycles. The fourth-order valence-corrected chi connectivity index (χ4v) is 3.21. The topological polar surface area (TPSA) is 42.0 Å². The van der Waals surface area contributed by atoms with Gasteiger partial charge in [0.2, 0.25) is 5.91 Å². The van der Waals surface area contributed by atoms with E-state index in [9.17, 15) is 4.79 Å². The predicted molar refractivity (Wildman–Crippen MR) is 98.0 cm³/mol. The second-order valence-corrected chi connectivity index (χ2v) is 6.66. The molecule has 3 heteroatoms. The first-order chi connectivity index (χ1) is 11.6. The Bertz CT molecular complexity index is 921. The standard InChI is InChI=1S/C21H20N2O/c1-13-4-3-5-14(2)20(13)16-8-9-17-12-22-19(11-18(17)10-16)23-21(24)15-6-7-15/h3-5,8-12,15H,6-7H2,1-2H3,(H,22,23,24). The lowest BCUT2D eigenvalue weighted by Gasteiger charge is -2.11. The van der Waals surface area contributed by atoms with Gasteiger partial charge in [0.1, 0.15) is 5.82 Å². The van der Waals surface area contributed by atoms with Crippen molar-refractivity contribution < 1.29 is 4.79 Å². The maximum absolute atomic E-state index is 11.9. The van der Waals surface area contributed by atoms with Crippen molar-refractivity contribution in [1.29, 1.82) is 0 Å². The Morgan fingerprint density at radius 3 is 2.50 bits per heavy atom. The van der Waals surface area contributed by atoms with Crippen LogP contribution in [0.25, 0.3) is 21.9 Å². The van der Waals surface area contributed by atoms with E-state index in [1.165, 1.54) is 22.3 Å². The van der Waals surface area contributed by atoms with E-state index >= 15 is 0 Å². The molecule has 0 unspecified atom stereocenters. The van der Waals surface area contributed by atoms with Crippen LogP contribution in [-0.2, 0) is 4.79 Å². The minimum absolute atomic E-state index is 0.0905. The molecule has 1 N–H and O–H groups in total. The van der Waals surface area contributed by atoms with Gasteiger partial charge >= 0.3 is 0 Å². The summed E-state index contributed by atoms with van der Waals surface area (Å²) in [7, 11) is 0. The minimum Gasteiger partial charge on any atom is -0.310 e. The summed E-state index contributed by atoms with van der Waals surface area (Å²) in [5.74, 6) is 0.911. The van der Waals surface area contributed by atoms with Crippen LogP contribution < -0.4 is 5.32 Å². The molecule has 1 fully saturated rings. The van der Waals surface area contributed by atoms with E-state index in [2.05, 4.69) is 60.5 Å². The number of nitrogens with zero attached hydrogens (tertiary/aromatic N) is 1. The van der Waals surface area contributed by atoms with E-state index in [-0.39, 0.29) is 11.8 Å². The van der Waals surface area contributed by atoms with Crippen LogP contribution in [0.15, 0.2) is 48.7 Å². The lowest BCUT2D eigenvalue weighted by molar-refractivity contribution is -0.117. The normalized spacial score (nSPS) is 13.9. The first-order valence-corrected chi connectivity index (χ1v) is 8.39. The molecule has 0 spiro atoms. The molecule has 24 heavy (non-hydrogen) atoms. The summed E-state index contributed by atoms with van der Waals surface area (Å²) in [6.45, 7) is 4.28. The zero-order valence-electron chi connectivity index (χ0n) is 14.0. The highest BCUT2D eigenvalue weighted by atomic mass is 16.2. The van der Waals surface area contributed by atoms with Crippen molar-refractivity contribution in [2.24, 2.45) is 5.92 Å². The first-order valence-electron chi connectivity index (χ1n) is 8.39. The SMILES string of the molecule is Cc1cccc(C)c1-c1ccc2cnc(NC(=O)C3CC3)cc2c1. The maximum atomic E-state index is 11.9. The molecule has 0 radical (unpaired) electrons. The van der Waals surface area contributed by atoms with Gasteiger partial charge in [-0.25, -0.2) is 4.98 Å². The number of carbonyl (C=O) groups excluding carboxylic acids is 1. The lowest BCUT2D eigenvalue weighted by Crippen LogP contribution is -2.14. The maximum Gasteiger partial charge on any atom is 0.228 e. The van der Waals surface area contributed by atoms with E-state index in [1.54, 1.807) is 0 Å². The molecule has 1 aliphatic rings. The van der Waals surface area contributed by atoms with Gasteiger partial charge in [0.05, 0.1) is 0 Å². The van der Waals surface area contributed by atoms with Crippen molar-refractivity contribution in [3.63, 3.8) is 0 Å². The van der Waals surface area contributed by atoms with E-state index in [0.29, 0.717) is 5.82 Å². The van der Waals surface area contributed by atoms with E-state index in [1.807, 2.05) is 12.3 Å². The Kier molecular flexibility index (Phi) is 3.57. The summed E-state index contributed by atoms with van der Waals surface area (Å²) in [6.07, 6.45) is 3.82. The Morgan fingerprint density at radius 2 is 1.79 bits per heavy atom. The Balaban J connectivity index is 1.74. The fourth-order valence-electron chi connectivity index (χ4n) is 3.21. The highest BCUT2D eigenvalue weighted by molar-refractivity contribution is 5.96. The molecule has 0 aliphatic heterocycles. The summed E-state index contributed by atoms with van der Waals surface area (Å²) in [5, 5.41) is 5.10. The molecule has 0 atom stereocenters. The van der Waals surface area contributed by atoms with Gasteiger partial charge in [-0.2, -0.15) is 0 Å². The number of carbonyl (C=O) groups is 1. The zero-order chi connectivity index (χ0) is 16.7. The highest BCUT2D eigenvalue weighted by Crippen LogP contribution is 2.32. The van der Waals surface area contributed by atoms with Crippen molar-refractivity contribution in [2.45, 2.75) is 26.7 Å². The molecular formula is C21H20N2O. The van der Waals surface area contributed by atoms with Crippen molar-refractivity contribution in [3.05, 3.63) is 59.8 Å². The second-order valence-electron chi connectivity index (χ2n) is 6.66. The first kappa shape index (κ1) is 14.9. The van der Waals surface area contributed by atoms with Crippen molar-refractivity contribution in [1.82, 2.24) is 4.98 Å². The van der Waals surface area contributed by atoms with Crippen LogP contribution in [0.5, 0.6) is 0 Å². The predicted octanol–water partition coefficient (Wildman–Crippen LogP) is 4.87. The molecular weight excluding hydrogens is 296 g/mol. The molecule has 1 saturated carbocycles. The molecule has 0 bridgehead atoms. The average molecular weight is 316 g/mol. The average Bonchev–Trinajstić information content (AvgIpc) is 3.39. The second kappa shape index (κ2) is 5.75. The third-order valence-corrected chi connectivity index (χ3v) is 4.69. The Hall–Kier alpha value is -2.68. The molecule has 1 amide bonds. The summed E-state index contributed by atoms with van der Waals surface area (Å²) in [4.78, 5) is 16.3. The van der Waals surface area contributed by atoms with Crippen LogP contribution in [0.1, 0.15) is 24.0 Å². The number of aromatic nitrogens is 1. The van der Waals surface area contributed by atoms with Crippen LogP contribution in [-0.4, -0.2) is 10.9 Å². The Labute approximate surface area is 141 Å². The van der Waals surface area contributed by atoms with Crippen molar-refractivity contribution >= 4 is 22.5 Å². The van der Waals surface area contributed by atoms with E-state index in [0.717, 1.165) is 23.6 Å². The highest BCUT2D eigenvalue weighted by Gasteiger charge is 2.29. The summed E-state index contributed by atoms with van der Waals surface area (Å²) >= 11 is 0. The van der Waals surface area contributed by atoms with Crippen LogP contribution in [0.3, 0.4) is 0 Å². The molecule has 3 aromatic rings. The van der Waals surface area contributed by atoms with Gasteiger partial charge in [-0.1, -0.05) is 30.3 Å². The van der Waals surface area contributed by atoms with Crippen LogP contribution >= 0.6 is 0 Å². The molecule has 1 heterocycles. The number of amides is 1. The molecule has 3 nitrogen and oxygen atoms in total. The van der Waals surface area contributed by atoms with E-state index in [4.69, 9.17) is 0 Å². The molecule has 4 rings (SSSR count). The number of hydrogen-bond donors (Lipinski definition) is 1. The number of benzene rings is 2. The summed E-state index contributed by atoms with van der Waals surface area (Å²) in [5.41, 5.74) is 5.01. The van der Waals surface area contributed by atoms with Crippen LogP contribution in [0.4, 0.5) is 5.82 Å². The van der Waals surface area contributed by atoms with E-state index < -0.39 is 0 Å². The third-order valence-electron chi connectivity index (χ3n) is 4.69.